The van der Waals surface area contributed by atoms with Crippen molar-refractivity contribution in [1.29, 1.82) is 0 Å². The summed E-state index contributed by atoms with van der Waals surface area (Å²) in [6.07, 6.45) is 1.16. The van der Waals surface area contributed by atoms with Crippen LogP contribution in [0.15, 0.2) is 48.8 Å². The Bertz CT molecular complexity index is 1800. The maximum absolute atomic E-state index is 15.0. The highest BCUT2D eigenvalue weighted by Gasteiger charge is 2.29. The van der Waals surface area contributed by atoms with E-state index >= 15 is 0 Å². The number of aryl methyl sites for hydroxylation is 1. The number of aliphatic hydroxyl groups is 1. The molecule has 11 nitrogen and oxygen atoms in total. The van der Waals surface area contributed by atoms with Crippen LogP contribution in [0.3, 0.4) is 0 Å². The molecular weight excluding hydrogens is 603 g/mol. The van der Waals surface area contributed by atoms with Crippen LogP contribution in [0.2, 0.25) is 0 Å². The second kappa shape index (κ2) is 12.9. The number of hydrogen-bond acceptors (Lipinski definition) is 11. The number of thiazole rings is 1. The molecule has 5 aromatic rings. The smallest absolute Gasteiger partial charge is 0.411 e. The Balaban J connectivity index is 1.21. The highest BCUT2D eigenvalue weighted by Crippen LogP contribution is 2.37. The van der Waals surface area contributed by atoms with Crippen molar-refractivity contribution in [3.05, 3.63) is 60.2 Å². The molecule has 3 heterocycles. The van der Waals surface area contributed by atoms with Gasteiger partial charge in [-0.25, -0.2) is 37.9 Å². The van der Waals surface area contributed by atoms with Crippen LogP contribution in [0.5, 0.6) is 17.5 Å². The molecule has 2 aromatic carbocycles. The first kappa shape index (κ1) is 30.7. The van der Waals surface area contributed by atoms with E-state index in [1.165, 1.54) is 49.0 Å². The number of pyridine rings is 1. The standard InChI is InChI=1S/C29H26F3N5O6S/c1-15-6-18(26-21(7-15)36-25(40-3)11-34-26)27-37-20-8-19(30)22(9-23(20)44-27)43-16(2)12-41-28(39)35-17-4-5-24(33-10-17)42-14-29(31,32)13-38/h4-11,16,38H,12-14H2,1-3H3,(H,35,39)/t16-/m0/s1. The molecule has 230 valence electrons. The van der Waals surface area contributed by atoms with Crippen LogP contribution >= 0.6 is 11.3 Å². The number of benzene rings is 2. The van der Waals surface area contributed by atoms with Crippen molar-refractivity contribution in [2.45, 2.75) is 25.9 Å². The SMILES string of the molecule is COc1cnc2c(-c3nc4cc(F)c(O[C@@H](C)COC(=O)Nc5ccc(OCC(F)(F)CO)nc5)cc4s3)cc(C)cc2n1. The number of hydrogen-bond donors (Lipinski definition) is 2. The summed E-state index contributed by atoms with van der Waals surface area (Å²) in [5.41, 5.74) is 3.66. The van der Waals surface area contributed by atoms with Crippen LogP contribution in [0.4, 0.5) is 23.7 Å². The number of rotatable bonds is 11. The predicted octanol–water partition coefficient (Wildman–Crippen LogP) is 5.78. The van der Waals surface area contributed by atoms with E-state index in [1.807, 2.05) is 19.1 Å². The van der Waals surface area contributed by atoms with Crippen LogP contribution in [0, 0.1) is 12.7 Å². The van der Waals surface area contributed by atoms with Crippen molar-refractivity contribution >= 4 is 44.4 Å². The van der Waals surface area contributed by atoms with Crippen molar-refractivity contribution in [3.63, 3.8) is 0 Å². The van der Waals surface area contributed by atoms with E-state index in [0.29, 0.717) is 32.1 Å². The Morgan fingerprint density at radius 1 is 1.09 bits per heavy atom. The van der Waals surface area contributed by atoms with Gasteiger partial charge in [-0.1, -0.05) is 0 Å². The van der Waals surface area contributed by atoms with Crippen molar-refractivity contribution < 1.29 is 42.0 Å². The first-order chi connectivity index (χ1) is 21.0. The molecule has 0 aliphatic rings. The maximum Gasteiger partial charge on any atom is 0.411 e. The van der Waals surface area contributed by atoms with Gasteiger partial charge in [-0.15, -0.1) is 11.3 Å². The van der Waals surface area contributed by atoms with Crippen LogP contribution in [-0.4, -0.2) is 70.1 Å². The van der Waals surface area contributed by atoms with E-state index in [0.717, 1.165) is 11.1 Å². The van der Waals surface area contributed by atoms with Gasteiger partial charge in [0.15, 0.2) is 18.2 Å². The third-order valence-electron chi connectivity index (χ3n) is 6.07. The number of aromatic nitrogens is 4. The fraction of sp³-hybridized carbons (Fsp3) is 0.276. The lowest BCUT2D eigenvalue weighted by Gasteiger charge is -2.16. The zero-order valence-electron chi connectivity index (χ0n) is 23.6. The molecule has 44 heavy (non-hydrogen) atoms. The van der Waals surface area contributed by atoms with E-state index < -0.39 is 37.2 Å². The summed E-state index contributed by atoms with van der Waals surface area (Å²) < 4.78 is 62.7. The summed E-state index contributed by atoms with van der Waals surface area (Å²) in [7, 11) is 1.52. The van der Waals surface area contributed by atoms with Gasteiger partial charge in [0.05, 0.1) is 46.4 Å². The number of alkyl halides is 2. The van der Waals surface area contributed by atoms with Crippen LogP contribution in [-0.2, 0) is 4.74 Å². The number of anilines is 1. The van der Waals surface area contributed by atoms with Gasteiger partial charge in [0.1, 0.15) is 24.3 Å². The average molecular weight is 630 g/mol. The summed E-state index contributed by atoms with van der Waals surface area (Å²) in [6.45, 7) is 0.932. The molecule has 0 aliphatic carbocycles. The Morgan fingerprint density at radius 2 is 1.91 bits per heavy atom. The van der Waals surface area contributed by atoms with Gasteiger partial charge in [0.2, 0.25) is 11.8 Å². The normalized spacial score (nSPS) is 12.2. The minimum atomic E-state index is -3.40. The second-order valence-corrected chi connectivity index (χ2v) is 10.7. The number of amides is 1. The summed E-state index contributed by atoms with van der Waals surface area (Å²) in [6, 6.07) is 9.30. The first-order valence-corrected chi connectivity index (χ1v) is 13.9. The highest BCUT2D eigenvalue weighted by molar-refractivity contribution is 7.21. The molecule has 0 bridgehead atoms. The number of methoxy groups -OCH3 is 1. The van der Waals surface area contributed by atoms with Gasteiger partial charge < -0.3 is 24.1 Å². The molecule has 0 radical (unpaired) electrons. The summed E-state index contributed by atoms with van der Waals surface area (Å²) in [5, 5.41) is 11.6. The molecular formula is C29H26F3N5O6S. The summed E-state index contributed by atoms with van der Waals surface area (Å²) >= 11 is 1.34. The zero-order valence-corrected chi connectivity index (χ0v) is 24.5. The topological polar surface area (TPSA) is 138 Å². The minimum Gasteiger partial charge on any atom is -0.484 e. The molecule has 1 amide bonds. The van der Waals surface area contributed by atoms with Crippen LogP contribution in [0.25, 0.3) is 31.8 Å². The number of halogens is 3. The molecule has 0 saturated heterocycles. The second-order valence-electron chi connectivity index (χ2n) is 9.70. The van der Waals surface area contributed by atoms with E-state index in [4.69, 9.17) is 24.1 Å². The number of ether oxygens (including phenoxy) is 4. The van der Waals surface area contributed by atoms with Crippen molar-refractivity contribution in [3.8, 4) is 28.1 Å². The summed E-state index contributed by atoms with van der Waals surface area (Å²) in [4.78, 5) is 29.6. The first-order valence-electron chi connectivity index (χ1n) is 13.1. The Labute approximate surface area is 252 Å². The molecule has 0 saturated carbocycles. The van der Waals surface area contributed by atoms with E-state index in [1.54, 1.807) is 13.0 Å². The van der Waals surface area contributed by atoms with E-state index in [9.17, 15) is 18.0 Å². The molecule has 0 unspecified atom stereocenters. The molecule has 5 rings (SSSR count). The van der Waals surface area contributed by atoms with Crippen molar-refractivity contribution in [2.75, 3.05) is 32.2 Å². The molecule has 2 N–H and O–H groups in total. The van der Waals surface area contributed by atoms with E-state index in [2.05, 4.69) is 25.3 Å². The van der Waals surface area contributed by atoms with Crippen molar-refractivity contribution in [2.24, 2.45) is 0 Å². The third-order valence-corrected chi connectivity index (χ3v) is 7.12. The molecule has 1 atom stereocenters. The molecule has 0 aliphatic heterocycles. The third kappa shape index (κ3) is 7.23. The van der Waals surface area contributed by atoms with Crippen LogP contribution < -0.4 is 19.5 Å². The van der Waals surface area contributed by atoms with Crippen LogP contribution in [0.1, 0.15) is 12.5 Å². The average Bonchev–Trinajstić information content (AvgIpc) is 3.41. The number of nitrogens with zero attached hydrogens (tertiary/aromatic N) is 4. The Kier molecular flexibility index (Phi) is 8.96. The molecule has 3 aromatic heterocycles. The number of carbonyl (C=O) groups is 1. The number of carbonyl (C=O) groups excluding carboxylic acids is 1. The Morgan fingerprint density at radius 3 is 2.64 bits per heavy atom. The lowest BCUT2D eigenvalue weighted by Crippen LogP contribution is -2.29. The Hall–Kier alpha value is -4.76. The molecule has 0 spiro atoms. The largest absolute Gasteiger partial charge is 0.484 e. The lowest BCUT2D eigenvalue weighted by molar-refractivity contribution is -0.0809. The monoisotopic (exact) mass is 629 g/mol. The highest BCUT2D eigenvalue weighted by atomic mass is 32.1. The molecule has 15 heteroatoms. The maximum atomic E-state index is 15.0. The predicted molar refractivity (Wildman–Crippen MR) is 156 cm³/mol. The quantitative estimate of drug-likeness (QED) is 0.185. The van der Waals surface area contributed by atoms with E-state index in [-0.39, 0.29) is 23.9 Å². The van der Waals surface area contributed by atoms with Gasteiger partial charge >= 0.3 is 12.0 Å². The zero-order chi connectivity index (χ0) is 31.4. The van der Waals surface area contributed by atoms with Gasteiger partial charge in [0.25, 0.3) is 0 Å². The van der Waals surface area contributed by atoms with Gasteiger partial charge in [-0.3, -0.25) is 5.32 Å². The minimum absolute atomic E-state index is 0.0330. The van der Waals surface area contributed by atoms with Gasteiger partial charge in [-0.2, -0.15) is 0 Å². The van der Waals surface area contributed by atoms with Crippen molar-refractivity contribution in [1.82, 2.24) is 19.9 Å². The fourth-order valence-electron chi connectivity index (χ4n) is 4.01. The van der Waals surface area contributed by atoms with Gasteiger partial charge in [-0.05, 0) is 37.6 Å². The fourth-order valence-corrected chi connectivity index (χ4v) is 5.00. The lowest BCUT2D eigenvalue weighted by atomic mass is 10.1. The number of fused-ring (bicyclic) bond motifs is 2. The number of nitrogens with one attached hydrogen (secondary N) is 1. The number of aliphatic hydroxyl groups excluding tert-OH is 1. The molecule has 0 fully saturated rings. The summed E-state index contributed by atoms with van der Waals surface area (Å²) in [5.74, 6) is -3.79. The van der Waals surface area contributed by atoms with Gasteiger partial charge in [0, 0.05) is 23.8 Å².